The van der Waals surface area contributed by atoms with Crippen LogP contribution in [-0.4, -0.2) is 21.6 Å². The van der Waals surface area contributed by atoms with Crippen molar-refractivity contribution in [3.05, 3.63) is 130 Å². The van der Waals surface area contributed by atoms with Crippen LogP contribution in [0.15, 0.2) is 91.0 Å². The number of alkyl halides is 3. The number of hydrogen-bond donors (Lipinski definition) is 2. The second kappa shape index (κ2) is 11.0. The fourth-order valence-corrected chi connectivity index (χ4v) is 4.98. The maximum Gasteiger partial charge on any atom is 0.416 e. The number of carbonyl (C=O) groups excluding carboxylic acids is 1. The Morgan fingerprint density at radius 1 is 0.854 bits per heavy atom. The van der Waals surface area contributed by atoms with Crippen molar-refractivity contribution in [2.45, 2.75) is 33.1 Å². The van der Waals surface area contributed by atoms with Gasteiger partial charge in [-0.15, -0.1) is 0 Å². The molecule has 2 N–H and O–H groups in total. The third-order valence-corrected chi connectivity index (χ3v) is 7.40. The van der Waals surface area contributed by atoms with Gasteiger partial charge >= 0.3 is 12.1 Å². The third-order valence-electron chi connectivity index (χ3n) is 7.40. The molecule has 0 unspecified atom stereocenters. The van der Waals surface area contributed by atoms with E-state index in [0.29, 0.717) is 23.2 Å². The van der Waals surface area contributed by atoms with E-state index in [-0.39, 0.29) is 18.0 Å². The van der Waals surface area contributed by atoms with E-state index in [1.165, 1.54) is 12.1 Å². The van der Waals surface area contributed by atoms with Crippen molar-refractivity contribution in [3.63, 3.8) is 0 Å². The predicted octanol–water partition coefficient (Wildman–Crippen LogP) is 7.62. The second-order valence-corrected chi connectivity index (χ2v) is 9.95. The first-order chi connectivity index (χ1) is 19.5. The summed E-state index contributed by atoms with van der Waals surface area (Å²) in [4.78, 5) is 24.5. The Morgan fingerprint density at radius 3 is 2.17 bits per heavy atom. The van der Waals surface area contributed by atoms with Crippen LogP contribution in [0.1, 0.15) is 48.7 Å². The maximum absolute atomic E-state index is 12.9. The number of carbonyl (C=O) groups is 2. The summed E-state index contributed by atoms with van der Waals surface area (Å²) in [5.41, 5.74) is 6.16. The van der Waals surface area contributed by atoms with Crippen LogP contribution in [-0.2, 0) is 19.3 Å². The van der Waals surface area contributed by atoms with Crippen molar-refractivity contribution in [1.82, 2.24) is 9.88 Å². The molecule has 0 aliphatic rings. The molecular formula is C33H27F3N2O3. The van der Waals surface area contributed by atoms with E-state index in [1.807, 2.05) is 56.3 Å². The normalized spacial score (nSPS) is 11.5. The van der Waals surface area contributed by atoms with Crippen molar-refractivity contribution in [3.8, 4) is 11.1 Å². The van der Waals surface area contributed by atoms with Gasteiger partial charge in [-0.1, -0.05) is 54.6 Å². The Labute approximate surface area is 234 Å². The van der Waals surface area contributed by atoms with Gasteiger partial charge < -0.3 is 15.0 Å². The van der Waals surface area contributed by atoms with Gasteiger partial charge in [0.2, 0.25) is 0 Å². The number of carboxylic acids is 1. The summed E-state index contributed by atoms with van der Waals surface area (Å²) < 4.78 is 40.6. The van der Waals surface area contributed by atoms with Gasteiger partial charge in [-0.2, -0.15) is 13.2 Å². The zero-order chi connectivity index (χ0) is 29.3. The van der Waals surface area contributed by atoms with Crippen LogP contribution in [0.2, 0.25) is 0 Å². The fraction of sp³-hybridized carbons (Fsp3) is 0.152. The average molecular weight is 557 g/mol. The molecule has 41 heavy (non-hydrogen) atoms. The number of rotatable bonds is 7. The molecule has 0 bridgehead atoms. The smallest absolute Gasteiger partial charge is 0.416 e. The highest BCUT2D eigenvalue weighted by Crippen LogP contribution is 2.30. The molecule has 0 saturated heterocycles. The number of benzene rings is 4. The van der Waals surface area contributed by atoms with E-state index in [4.69, 9.17) is 0 Å². The molecule has 5 nitrogen and oxygen atoms in total. The lowest BCUT2D eigenvalue weighted by Crippen LogP contribution is -2.22. The minimum Gasteiger partial charge on any atom is -0.478 e. The van der Waals surface area contributed by atoms with Gasteiger partial charge in [-0.25, -0.2) is 4.79 Å². The van der Waals surface area contributed by atoms with Gasteiger partial charge in [-0.3, -0.25) is 4.79 Å². The summed E-state index contributed by atoms with van der Waals surface area (Å²) >= 11 is 0. The van der Waals surface area contributed by atoms with Gasteiger partial charge in [0, 0.05) is 35.2 Å². The van der Waals surface area contributed by atoms with Gasteiger partial charge in [0.25, 0.3) is 5.91 Å². The minimum atomic E-state index is -4.40. The first kappa shape index (κ1) is 27.7. The van der Waals surface area contributed by atoms with Crippen LogP contribution >= 0.6 is 0 Å². The van der Waals surface area contributed by atoms with Crippen LogP contribution in [0.5, 0.6) is 0 Å². The van der Waals surface area contributed by atoms with Crippen LogP contribution in [0.3, 0.4) is 0 Å². The molecule has 1 amide bonds. The van der Waals surface area contributed by atoms with Crippen LogP contribution < -0.4 is 5.32 Å². The molecule has 0 aliphatic heterocycles. The molecule has 0 saturated carbocycles. The van der Waals surface area contributed by atoms with Gasteiger partial charge in [0.15, 0.2) is 0 Å². The van der Waals surface area contributed by atoms with Crippen molar-refractivity contribution >= 4 is 22.8 Å². The molecule has 5 aromatic rings. The molecule has 8 heteroatoms. The molecule has 0 radical (unpaired) electrons. The van der Waals surface area contributed by atoms with E-state index in [1.54, 1.807) is 24.3 Å². The number of amides is 1. The number of fused-ring (bicyclic) bond motifs is 1. The first-order valence-electron chi connectivity index (χ1n) is 13.0. The van der Waals surface area contributed by atoms with E-state index >= 15 is 0 Å². The molecule has 0 aliphatic carbocycles. The molecule has 0 atom stereocenters. The lowest BCUT2D eigenvalue weighted by atomic mass is 9.99. The van der Waals surface area contributed by atoms with Crippen molar-refractivity contribution < 1.29 is 27.9 Å². The Bertz CT molecular complexity index is 1750. The zero-order valence-electron chi connectivity index (χ0n) is 22.4. The number of carboxylic acid groups (broad SMARTS) is 1. The fourth-order valence-electron chi connectivity index (χ4n) is 4.98. The Kier molecular flexibility index (Phi) is 7.41. The van der Waals surface area contributed by atoms with E-state index in [9.17, 15) is 27.9 Å². The zero-order valence-corrected chi connectivity index (χ0v) is 22.4. The number of nitrogens with zero attached hydrogens (tertiary/aromatic N) is 1. The number of aromatic carboxylic acids is 1. The topological polar surface area (TPSA) is 71.3 Å². The minimum absolute atomic E-state index is 0.112. The van der Waals surface area contributed by atoms with E-state index < -0.39 is 17.7 Å². The number of halogens is 3. The lowest BCUT2D eigenvalue weighted by molar-refractivity contribution is -0.137. The maximum atomic E-state index is 12.9. The van der Waals surface area contributed by atoms with Gasteiger partial charge in [0.05, 0.1) is 11.1 Å². The molecule has 0 spiro atoms. The molecule has 5 rings (SSSR count). The molecular weight excluding hydrogens is 529 g/mol. The molecule has 208 valence electrons. The van der Waals surface area contributed by atoms with Gasteiger partial charge in [0.1, 0.15) is 0 Å². The third kappa shape index (κ3) is 5.72. The van der Waals surface area contributed by atoms with Crippen molar-refractivity contribution in [2.75, 3.05) is 0 Å². The number of hydrogen-bond acceptors (Lipinski definition) is 2. The average Bonchev–Trinajstić information content (AvgIpc) is 3.20. The monoisotopic (exact) mass is 556 g/mol. The molecule has 1 aromatic heterocycles. The van der Waals surface area contributed by atoms with E-state index in [2.05, 4.69) is 9.88 Å². The Balaban J connectivity index is 1.33. The number of nitrogens with one attached hydrogen (secondary N) is 1. The first-order valence-corrected chi connectivity index (χ1v) is 13.0. The molecule has 4 aromatic carbocycles. The summed E-state index contributed by atoms with van der Waals surface area (Å²) in [6.07, 6.45) is -4.40. The van der Waals surface area contributed by atoms with Crippen LogP contribution in [0, 0.1) is 13.8 Å². The highest BCUT2D eigenvalue weighted by molar-refractivity contribution is 5.99. The Hall–Kier alpha value is -4.85. The SMILES string of the molecule is Cc1c(C)n(Cc2ccc(-c3ccccc3C(=O)O)cc2)c2ccc(C(=O)NCc3ccc(C(F)(F)F)cc3)cc12. The number of aryl methyl sites for hydroxylation is 1. The summed E-state index contributed by atoms with van der Waals surface area (Å²) in [6, 6.07) is 24.9. The largest absolute Gasteiger partial charge is 0.478 e. The number of aromatic nitrogens is 1. The Morgan fingerprint density at radius 2 is 1.51 bits per heavy atom. The second-order valence-electron chi connectivity index (χ2n) is 9.95. The highest BCUT2D eigenvalue weighted by atomic mass is 19.4. The quantitative estimate of drug-likeness (QED) is 0.217. The molecule has 0 fully saturated rings. The highest BCUT2D eigenvalue weighted by Gasteiger charge is 2.29. The van der Waals surface area contributed by atoms with Crippen LogP contribution in [0.4, 0.5) is 13.2 Å². The summed E-state index contributed by atoms with van der Waals surface area (Å²) in [7, 11) is 0. The standard InChI is InChI=1S/C33H27F3N2O3/c1-20-21(2)38(19-23-7-11-24(12-8-23)27-5-3-4-6-28(27)32(40)41)30-16-13-25(17-29(20)30)31(39)37-18-22-9-14-26(15-10-22)33(34,35)36/h3-17H,18-19H2,1-2H3,(H,37,39)(H,40,41). The van der Waals surface area contributed by atoms with Crippen molar-refractivity contribution in [1.29, 1.82) is 0 Å². The summed E-state index contributed by atoms with van der Waals surface area (Å²) in [5, 5.41) is 13.2. The predicted molar refractivity (Wildman–Crippen MR) is 152 cm³/mol. The summed E-state index contributed by atoms with van der Waals surface area (Å²) in [6.45, 7) is 4.73. The van der Waals surface area contributed by atoms with Crippen molar-refractivity contribution in [2.24, 2.45) is 0 Å². The van der Waals surface area contributed by atoms with Gasteiger partial charge in [-0.05, 0) is 78.1 Å². The van der Waals surface area contributed by atoms with Crippen LogP contribution in [0.25, 0.3) is 22.0 Å². The summed E-state index contributed by atoms with van der Waals surface area (Å²) in [5.74, 6) is -1.28. The lowest BCUT2D eigenvalue weighted by Gasteiger charge is -2.11. The molecule has 1 heterocycles. The van der Waals surface area contributed by atoms with E-state index in [0.717, 1.165) is 45.4 Å².